The molecule has 0 radical (unpaired) electrons. The number of para-hydroxylation sites is 1. The molecule has 1 aromatic heterocycles. The van der Waals surface area contributed by atoms with Gasteiger partial charge in [-0.05, 0) is 48.9 Å². The number of halogens is 3. The Morgan fingerprint density at radius 3 is 2.49 bits per heavy atom. The highest BCUT2D eigenvalue weighted by Gasteiger charge is 2.31. The van der Waals surface area contributed by atoms with Crippen LogP contribution in [0.4, 0.5) is 18.9 Å². The molecule has 5 rings (SSSR count). The number of nitrogens with zero attached hydrogens (tertiary/aromatic N) is 4. The predicted molar refractivity (Wildman–Crippen MR) is 156 cm³/mol. The first-order chi connectivity index (χ1) is 19.6. The average molecular weight is 557 g/mol. The van der Waals surface area contributed by atoms with E-state index in [4.69, 9.17) is 4.74 Å². The molecule has 0 amide bonds. The third-order valence-electron chi connectivity index (χ3n) is 6.50. The van der Waals surface area contributed by atoms with Crippen molar-refractivity contribution in [1.82, 2.24) is 9.66 Å². The van der Waals surface area contributed by atoms with Gasteiger partial charge in [-0.1, -0.05) is 54.1 Å². The zero-order valence-corrected chi connectivity index (χ0v) is 22.7. The molecule has 0 atom stereocenters. The highest BCUT2D eigenvalue weighted by atomic mass is 19.4. The molecule has 0 aliphatic rings. The minimum absolute atomic E-state index is 0.0109. The van der Waals surface area contributed by atoms with Gasteiger partial charge < -0.3 is 9.64 Å². The lowest BCUT2D eigenvalue weighted by atomic mass is 10.1. The number of aromatic nitrogens is 2. The summed E-state index contributed by atoms with van der Waals surface area (Å²) in [5, 5.41) is 4.73. The van der Waals surface area contributed by atoms with Crippen LogP contribution in [0.15, 0.2) is 101 Å². The maximum absolute atomic E-state index is 13.5. The van der Waals surface area contributed by atoms with Crippen molar-refractivity contribution < 1.29 is 17.9 Å². The average Bonchev–Trinajstić information content (AvgIpc) is 2.95. The van der Waals surface area contributed by atoms with Crippen LogP contribution in [0.3, 0.4) is 0 Å². The van der Waals surface area contributed by atoms with E-state index in [0.29, 0.717) is 28.8 Å². The van der Waals surface area contributed by atoms with E-state index < -0.39 is 17.3 Å². The molecule has 41 heavy (non-hydrogen) atoms. The Kier molecular flexibility index (Phi) is 7.61. The predicted octanol–water partition coefficient (Wildman–Crippen LogP) is 6.92. The van der Waals surface area contributed by atoms with Crippen LogP contribution < -0.4 is 15.2 Å². The molecule has 5 aromatic rings. The van der Waals surface area contributed by atoms with Crippen molar-refractivity contribution in [3.63, 3.8) is 0 Å². The van der Waals surface area contributed by atoms with Crippen LogP contribution in [0.2, 0.25) is 0 Å². The molecule has 0 saturated heterocycles. The number of hydrogen-bond acceptors (Lipinski definition) is 5. The van der Waals surface area contributed by atoms with Gasteiger partial charge in [0, 0.05) is 37.0 Å². The van der Waals surface area contributed by atoms with Gasteiger partial charge in [0.05, 0.1) is 22.7 Å². The highest BCUT2D eigenvalue weighted by molar-refractivity contribution is 5.85. The number of anilines is 1. The van der Waals surface area contributed by atoms with Crippen LogP contribution in [0.1, 0.15) is 22.3 Å². The van der Waals surface area contributed by atoms with Crippen LogP contribution in [0.5, 0.6) is 5.75 Å². The van der Waals surface area contributed by atoms with E-state index in [1.807, 2.05) is 68.4 Å². The van der Waals surface area contributed by atoms with Gasteiger partial charge in [0.1, 0.15) is 12.4 Å². The number of alkyl halides is 3. The van der Waals surface area contributed by atoms with Crippen molar-refractivity contribution >= 4 is 22.8 Å². The lowest BCUT2D eigenvalue weighted by molar-refractivity contribution is -0.137. The molecule has 1 heterocycles. The monoisotopic (exact) mass is 556 g/mol. The number of ether oxygens (including phenoxy) is 1. The van der Waals surface area contributed by atoms with Gasteiger partial charge >= 0.3 is 6.18 Å². The molecule has 0 bridgehead atoms. The highest BCUT2D eigenvalue weighted by Crippen LogP contribution is 2.32. The lowest BCUT2D eigenvalue weighted by Crippen LogP contribution is -2.20. The van der Waals surface area contributed by atoms with E-state index in [0.717, 1.165) is 33.6 Å². The molecule has 0 aliphatic carbocycles. The van der Waals surface area contributed by atoms with Gasteiger partial charge in [-0.3, -0.25) is 4.79 Å². The Labute approximate surface area is 235 Å². The fraction of sp³-hybridized carbons (Fsp3) is 0.156. The third-order valence-corrected chi connectivity index (χ3v) is 6.50. The van der Waals surface area contributed by atoms with Crippen molar-refractivity contribution in [2.45, 2.75) is 19.7 Å². The van der Waals surface area contributed by atoms with E-state index in [-0.39, 0.29) is 11.4 Å². The molecule has 9 heteroatoms. The third kappa shape index (κ3) is 6.14. The minimum atomic E-state index is -4.56. The molecule has 0 aliphatic heterocycles. The maximum Gasteiger partial charge on any atom is 0.416 e. The van der Waals surface area contributed by atoms with Crippen LogP contribution in [0, 0.1) is 6.92 Å². The first-order valence-electron chi connectivity index (χ1n) is 12.8. The molecule has 0 unspecified atom stereocenters. The standard InChI is InChI=1S/C32H27F3N4O2/c1-21-8-6-9-22(16-21)20-41-29-18-26(38(2)3)15-14-24(29)19-36-39-30(23-10-7-11-25(17-23)32(33,34)35)37-28-13-5-4-12-27(28)31(39)40/h4-19H,20H2,1-3H3. The Morgan fingerprint density at radius 2 is 1.73 bits per heavy atom. The van der Waals surface area contributed by atoms with Crippen molar-refractivity contribution in [1.29, 1.82) is 0 Å². The Hall–Kier alpha value is -4.92. The van der Waals surface area contributed by atoms with Gasteiger partial charge in [-0.2, -0.15) is 22.9 Å². The molecule has 6 nitrogen and oxygen atoms in total. The second-order valence-corrected chi connectivity index (χ2v) is 9.79. The number of benzene rings is 4. The Balaban J connectivity index is 1.61. The van der Waals surface area contributed by atoms with Crippen LogP contribution in [-0.4, -0.2) is 30.0 Å². The van der Waals surface area contributed by atoms with E-state index >= 15 is 0 Å². The molecule has 0 saturated carbocycles. The van der Waals surface area contributed by atoms with Gasteiger partial charge in [0.25, 0.3) is 5.56 Å². The lowest BCUT2D eigenvalue weighted by Gasteiger charge is -2.16. The van der Waals surface area contributed by atoms with E-state index in [1.54, 1.807) is 24.3 Å². The maximum atomic E-state index is 13.5. The fourth-order valence-corrected chi connectivity index (χ4v) is 4.37. The fourth-order valence-electron chi connectivity index (χ4n) is 4.37. The SMILES string of the molecule is Cc1cccc(COc2cc(N(C)C)ccc2C=Nn2c(-c3cccc(C(F)(F)F)c3)nc3ccccc3c2=O)c1. The smallest absolute Gasteiger partial charge is 0.416 e. The number of fused-ring (bicyclic) bond motifs is 1. The van der Waals surface area contributed by atoms with Crippen LogP contribution >= 0.6 is 0 Å². The number of aryl methyl sites for hydroxylation is 1. The largest absolute Gasteiger partial charge is 0.488 e. The summed E-state index contributed by atoms with van der Waals surface area (Å²) >= 11 is 0. The van der Waals surface area contributed by atoms with Crippen molar-refractivity contribution in [3.8, 4) is 17.1 Å². The van der Waals surface area contributed by atoms with Gasteiger partial charge in [0.15, 0.2) is 5.82 Å². The quantitative estimate of drug-likeness (QED) is 0.204. The minimum Gasteiger partial charge on any atom is -0.488 e. The van der Waals surface area contributed by atoms with Gasteiger partial charge in [-0.25, -0.2) is 4.98 Å². The number of hydrogen-bond donors (Lipinski definition) is 0. The summed E-state index contributed by atoms with van der Waals surface area (Å²) in [4.78, 5) is 20.0. The van der Waals surface area contributed by atoms with Crippen LogP contribution in [-0.2, 0) is 12.8 Å². The zero-order valence-electron chi connectivity index (χ0n) is 22.7. The molecule has 0 N–H and O–H groups in total. The Bertz CT molecular complexity index is 1810. The summed E-state index contributed by atoms with van der Waals surface area (Å²) in [5.74, 6) is 0.520. The molecule has 208 valence electrons. The summed E-state index contributed by atoms with van der Waals surface area (Å²) in [6.07, 6.45) is -3.10. The summed E-state index contributed by atoms with van der Waals surface area (Å²) in [5.41, 5.74) is 2.69. The summed E-state index contributed by atoms with van der Waals surface area (Å²) in [7, 11) is 3.82. The molecule has 0 fully saturated rings. The second kappa shape index (κ2) is 11.3. The molecule has 0 spiro atoms. The van der Waals surface area contributed by atoms with Crippen molar-refractivity contribution in [3.05, 3.63) is 124 Å². The number of rotatable bonds is 7. The van der Waals surface area contributed by atoms with Gasteiger partial charge in [-0.15, -0.1) is 0 Å². The van der Waals surface area contributed by atoms with Crippen molar-refractivity contribution in [2.75, 3.05) is 19.0 Å². The molecular formula is C32H27F3N4O2. The first kappa shape index (κ1) is 27.6. The molecule has 4 aromatic carbocycles. The van der Waals surface area contributed by atoms with Gasteiger partial charge in [0.2, 0.25) is 0 Å². The summed E-state index contributed by atoms with van der Waals surface area (Å²) in [6, 6.07) is 24.9. The zero-order chi connectivity index (χ0) is 29.1. The first-order valence-corrected chi connectivity index (χ1v) is 12.8. The second-order valence-electron chi connectivity index (χ2n) is 9.79. The van der Waals surface area contributed by atoms with E-state index in [1.165, 1.54) is 18.3 Å². The Morgan fingerprint density at radius 1 is 0.951 bits per heavy atom. The molecular weight excluding hydrogens is 529 g/mol. The van der Waals surface area contributed by atoms with E-state index in [9.17, 15) is 18.0 Å². The van der Waals surface area contributed by atoms with E-state index in [2.05, 4.69) is 10.1 Å². The summed E-state index contributed by atoms with van der Waals surface area (Å²) in [6.45, 7) is 2.32. The summed E-state index contributed by atoms with van der Waals surface area (Å²) < 4.78 is 47.7. The topological polar surface area (TPSA) is 59.7 Å². The van der Waals surface area contributed by atoms with Crippen molar-refractivity contribution in [2.24, 2.45) is 5.10 Å². The van der Waals surface area contributed by atoms with Crippen LogP contribution in [0.25, 0.3) is 22.3 Å². The normalized spacial score (nSPS) is 11.8.